The number of ether oxygens (including phenoxy) is 3. The molecule has 2 aromatic heterocycles. The van der Waals surface area contributed by atoms with Crippen molar-refractivity contribution in [2.75, 3.05) is 14.2 Å². The van der Waals surface area contributed by atoms with Crippen molar-refractivity contribution >= 4 is 22.8 Å². The number of hydrogen-bond donors (Lipinski definition) is 1. The third kappa shape index (κ3) is 4.94. The molecule has 9 heteroatoms. The summed E-state index contributed by atoms with van der Waals surface area (Å²) in [5.41, 5.74) is 3.33. The predicted molar refractivity (Wildman–Crippen MR) is 97.9 cm³/mol. The van der Waals surface area contributed by atoms with Crippen LogP contribution in [0.3, 0.4) is 0 Å². The van der Waals surface area contributed by atoms with E-state index in [-0.39, 0.29) is 5.75 Å². The van der Waals surface area contributed by atoms with Crippen LogP contribution in [-0.2, 0) is 28.4 Å². The van der Waals surface area contributed by atoms with E-state index < -0.39 is 6.61 Å². The number of H-pyrrole nitrogens is 1. The number of alkyl halides is 2. The molecule has 144 valence electrons. The van der Waals surface area contributed by atoms with Crippen LogP contribution < -0.4 is 4.74 Å². The highest BCUT2D eigenvalue weighted by Crippen LogP contribution is 2.28. The maximum Gasteiger partial charge on any atom is 0.387 e. The van der Waals surface area contributed by atoms with E-state index in [9.17, 15) is 8.78 Å². The maximum atomic E-state index is 12.3. The molecule has 0 spiro atoms. The number of aromatic amines is 1. The van der Waals surface area contributed by atoms with E-state index in [1.54, 1.807) is 26.5 Å². The molecule has 0 amide bonds. The Hall–Kier alpha value is -2.23. The molecule has 0 aliphatic rings. The van der Waals surface area contributed by atoms with E-state index in [0.29, 0.717) is 35.8 Å². The lowest BCUT2D eigenvalue weighted by Crippen LogP contribution is -2.02. The highest BCUT2D eigenvalue weighted by atomic mass is 32.2. The Morgan fingerprint density at radius 2 is 1.96 bits per heavy atom. The van der Waals surface area contributed by atoms with Crippen LogP contribution >= 0.6 is 11.8 Å². The SMILES string of the molecule is COCc1ccnc(SCc2nc3ccc(OC(F)F)cc3[nH]2)c1COC. The molecule has 0 aliphatic carbocycles. The molecule has 3 rings (SSSR count). The van der Waals surface area contributed by atoms with Crippen molar-refractivity contribution in [1.29, 1.82) is 0 Å². The van der Waals surface area contributed by atoms with Gasteiger partial charge in [-0.05, 0) is 23.8 Å². The second-order valence-corrected chi connectivity index (χ2v) is 6.61. The van der Waals surface area contributed by atoms with Gasteiger partial charge in [0.2, 0.25) is 0 Å². The summed E-state index contributed by atoms with van der Waals surface area (Å²) < 4.78 is 39.6. The van der Waals surface area contributed by atoms with Crippen LogP contribution in [0.2, 0.25) is 0 Å². The molecule has 0 saturated carbocycles. The second-order valence-electron chi connectivity index (χ2n) is 5.65. The number of pyridine rings is 1. The summed E-state index contributed by atoms with van der Waals surface area (Å²) in [5.74, 6) is 1.35. The minimum Gasteiger partial charge on any atom is -0.435 e. The van der Waals surface area contributed by atoms with E-state index in [4.69, 9.17) is 9.47 Å². The molecule has 0 radical (unpaired) electrons. The number of imidazole rings is 1. The molecule has 0 saturated heterocycles. The fraction of sp³-hybridized carbons (Fsp3) is 0.333. The first-order valence-corrected chi connectivity index (χ1v) is 9.10. The molecular formula is C18H19F2N3O3S. The summed E-state index contributed by atoms with van der Waals surface area (Å²) in [6, 6.07) is 6.54. The van der Waals surface area contributed by atoms with Gasteiger partial charge in [-0.2, -0.15) is 8.78 Å². The van der Waals surface area contributed by atoms with Crippen molar-refractivity contribution in [3.05, 3.63) is 47.4 Å². The van der Waals surface area contributed by atoms with Gasteiger partial charge in [-0.3, -0.25) is 0 Å². The molecule has 0 bridgehead atoms. The fourth-order valence-corrected chi connectivity index (χ4v) is 3.56. The number of thioether (sulfide) groups is 1. The Kier molecular flexibility index (Phi) is 6.59. The van der Waals surface area contributed by atoms with E-state index in [2.05, 4.69) is 19.7 Å². The summed E-state index contributed by atoms with van der Waals surface area (Å²) >= 11 is 1.52. The Labute approximate surface area is 159 Å². The summed E-state index contributed by atoms with van der Waals surface area (Å²) in [6.45, 7) is -1.94. The second kappa shape index (κ2) is 9.12. The van der Waals surface area contributed by atoms with Crippen LogP contribution in [0.15, 0.2) is 35.5 Å². The number of halogens is 2. The van der Waals surface area contributed by atoms with E-state index in [0.717, 1.165) is 16.2 Å². The molecule has 0 unspecified atom stereocenters. The van der Waals surface area contributed by atoms with Crippen molar-refractivity contribution in [3.63, 3.8) is 0 Å². The van der Waals surface area contributed by atoms with Crippen LogP contribution in [-0.4, -0.2) is 35.8 Å². The van der Waals surface area contributed by atoms with Gasteiger partial charge in [-0.25, -0.2) is 9.97 Å². The minimum atomic E-state index is -2.86. The van der Waals surface area contributed by atoms with E-state index in [1.807, 2.05) is 6.07 Å². The fourth-order valence-electron chi connectivity index (χ4n) is 2.65. The number of methoxy groups -OCH3 is 2. The van der Waals surface area contributed by atoms with Crippen LogP contribution in [0.4, 0.5) is 8.78 Å². The number of rotatable bonds is 9. The van der Waals surface area contributed by atoms with Gasteiger partial charge in [0.25, 0.3) is 0 Å². The zero-order valence-corrected chi connectivity index (χ0v) is 15.7. The first-order valence-electron chi connectivity index (χ1n) is 8.11. The third-order valence-corrected chi connectivity index (χ3v) is 4.82. The van der Waals surface area contributed by atoms with E-state index >= 15 is 0 Å². The van der Waals surface area contributed by atoms with Gasteiger partial charge in [0, 0.05) is 32.0 Å². The number of nitrogens with one attached hydrogen (secondary N) is 1. The van der Waals surface area contributed by atoms with Crippen LogP contribution in [0.5, 0.6) is 5.75 Å². The first-order chi connectivity index (χ1) is 13.1. The normalized spacial score (nSPS) is 11.4. The molecule has 0 fully saturated rings. The van der Waals surface area contributed by atoms with Crippen molar-refractivity contribution in [2.24, 2.45) is 0 Å². The number of benzene rings is 1. The Balaban J connectivity index is 1.77. The molecule has 27 heavy (non-hydrogen) atoms. The Morgan fingerprint density at radius 3 is 2.70 bits per heavy atom. The summed E-state index contributed by atoms with van der Waals surface area (Å²) in [7, 11) is 3.28. The van der Waals surface area contributed by atoms with Gasteiger partial charge in [-0.15, -0.1) is 0 Å². The lowest BCUT2D eigenvalue weighted by atomic mass is 10.1. The summed E-state index contributed by atoms with van der Waals surface area (Å²) in [6.07, 6.45) is 1.74. The average Bonchev–Trinajstić information content (AvgIpc) is 3.04. The van der Waals surface area contributed by atoms with Crippen molar-refractivity contribution < 1.29 is 23.0 Å². The zero-order valence-electron chi connectivity index (χ0n) is 14.9. The molecule has 6 nitrogen and oxygen atoms in total. The lowest BCUT2D eigenvalue weighted by molar-refractivity contribution is -0.0497. The zero-order chi connectivity index (χ0) is 19.2. The standard InChI is InChI=1S/C18H19F2N3O3S/c1-24-8-11-5-6-21-17(13(11)9-25-2)27-10-16-22-14-4-3-12(26-18(19)20)7-15(14)23-16/h3-7,18H,8-10H2,1-2H3,(H,22,23). The van der Waals surface area contributed by atoms with Gasteiger partial charge in [-0.1, -0.05) is 11.8 Å². The van der Waals surface area contributed by atoms with Crippen molar-refractivity contribution in [2.45, 2.75) is 30.6 Å². The van der Waals surface area contributed by atoms with Crippen LogP contribution in [0.1, 0.15) is 17.0 Å². The largest absolute Gasteiger partial charge is 0.435 e. The quantitative estimate of drug-likeness (QED) is 0.549. The summed E-state index contributed by atoms with van der Waals surface area (Å²) in [5, 5.41) is 0.841. The highest BCUT2D eigenvalue weighted by Gasteiger charge is 2.13. The monoisotopic (exact) mass is 395 g/mol. The smallest absolute Gasteiger partial charge is 0.387 e. The molecule has 0 atom stereocenters. The van der Waals surface area contributed by atoms with Crippen molar-refractivity contribution in [3.8, 4) is 5.75 Å². The Morgan fingerprint density at radius 1 is 1.15 bits per heavy atom. The van der Waals surface area contributed by atoms with Gasteiger partial charge >= 0.3 is 6.61 Å². The maximum absolute atomic E-state index is 12.3. The number of nitrogens with zero attached hydrogens (tertiary/aromatic N) is 2. The van der Waals surface area contributed by atoms with Crippen molar-refractivity contribution in [1.82, 2.24) is 15.0 Å². The van der Waals surface area contributed by atoms with Gasteiger partial charge in [0.1, 0.15) is 16.6 Å². The van der Waals surface area contributed by atoms with Crippen LogP contribution in [0, 0.1) is 0 Å². The molecule has 3 aromatic rings. The Bertz CT molecular complexity index is 905. The molecule has 0 aliphatic heterocycles. The number of fused-ring (bicyclic) bond motifs is 1. The van der Waals surface area contributed by atoms with E-state index in [1.165, 1.54) is 23.9 Å². The number of hydrogen-bond acceptors (Lipinski definition) is 6. The first kappa shape index (κ1) is 19.5. The topological polar surface area (TPSA) is 69.3 Å². The molecule has 2 heterocycles. The molecular weight excluding hydrogens is 376 g/mol. The predicted octanol–water partition coefficient (Wildman–Crippen LogP) is 4.14. The van der Waals surface area contributed by atoms with Gasteiger partial charge < -0.3 is 19.2 Å². The van der Waals surface area contributed by atoms with Gasteiger partial charge in [0.15, 0.2) is 0 Å². The minimum absolute atomic E-state index is 0.0941. The molecule has 1 N–H and O–H groups in total. The average molecular weight is 395 g/mol. The number of aromatic nitrogens is 3. The summed E-state index contributed by atoms with van der Waals surface area (Å²) in [4.78, 5) is 12.0. The third-order valence-electron chi connectivity index (χ3n) is 3.77. The molecule has 1 aromatic carbocycles. The van der Waals surface area contributed by atoms with Gasteiger partial charge in [0.05, 0.1) is 30.0 Å². The highest BCUT2D eigenvalue weighted by molar-refractivity contribution is 7.98. The lowest BCUT2D eigenvalue weighted by Gasteiger charge is -2.12. The van der Waals surface area contributed by atoms with Crippen LogP contribution in [0.25, 0.3) is 11.0 Å².